The van der Waals surface area contributed by atoms with Crippen LogP contribution in [-0.4, -0.2) is 33.2 Å². The largest absolute Gasteiger partial charge is 0.309 e. The molecule has 7 nitrogen and oxygen atoms in total. The highest BCUT2D eigenvalue weighted by molar-refractivity contribution is 6.14. The van der Waals surface area contributed by atoms with Crippen LogP contribution in [0.5, 0.6) is 0 Å². The van der Waals surface area contributed by atoms with Crippen molar-refractivity contribution in [2.75, 3.05) is 0 Å². The molecule has 9 aromatic carbocycles. The average Bonchev–Trinajstić information content (AvgIpc) is 4.13. The van der Waals surface area contributed by atoms with Crippen LogP contribution in [-0.2, 0) is 10.8 Å². The number of rotatable bonds is 5. The van der Waals surface area contributed by atoms with E-state index in [1.165, 1.54) is 60.3 Å². The van der Waals surface area contributed by atoms with Crippen molar-refractivity contribution in [3.8, 4) is 34.7 Å². The second-order valence-electron chi connectivity index (χ2n) is 21.9. The third-order valence-electron chi connectivity index (χ3n) is 15.3. The van der Waals surface area contributed by atoms with Crippen LogP contribution in [0.3, 0.4) is 0 Å². The molecule has 0 amide bonds. The van der Waals surface area contributed by atoms with Gasteiger partial charge < -0.3 is 9.13 Å². The van der Waals surface area contributed by atoms with Gasteiger partial charge >= 0.3 is 0 Å². The van der Waals surface area contributed by atoms with Crippen LogP contribution in [0.25, 0.3) is 122 Å². The Morgan fingerprint density at radius 2 is 0.712 bits per heavy atom. The van der Waals surface area contributed by atoms with Crippen molar-refractivity contribution in [3.63, 3.8) is 0 Å². The molecule has 0 fully saturated rings. The lowest BCUT2D eigenvalue weighted by Crippen LogP contribution is -2.12. The molecule has 352 valence electrons. The summed E-state index contributed by atoms with van der Waals surface area (Å²) in [5.41, 5.74) is 15.6. The van der Waals surface area contributed by atoms with Gasteiger partial charge in [0.15, 0.2) is 5.82 Å². The van der Waals surface area contributed by atoms with Crippen molar-refractivity contribution in [2.45, 2.75) is 59.3 Å². The van der Waals surface area contributed by atoms with Crippen LogP contribution in [0.15, 0.2) is 194 Å². The van der Waals surface area contributed by atoms with E-state index in [4.69, 9.17) is 15.0 Å². The highest BCUT2D eigenvalue weighted by Crippen LogP contribution is 2.42. The van der Waals surface area contributed by atoms with Crippen LogP contribution in [0.4, 0.5) is 0 Å². The summed E-state index contributed by atoms with van der Waals surface area (Å²) in [6.45, 7) is 15.9. The normalized spacial score (nSPS) is 12.6. The summed E-state index contributed by atoms with van der Waals surface area (Å²) in [7, 11) is 0. The molecule has 0 radical (unpaired) electrons. The Hall–Kier alpha value is -8.81. The molecule has 5 heterocycles. The third-order valence-corrected chi connectivity index (χ3v) is 15.3. The minimum atomic E-state index is -0.0736. The molecule has 0 bridgehead atoms. The van der Waals surface area contributed by atoms with Crippen LogP contribution in [0.1, 0.15) is 58.2 Å². The first-order valence-corrected chi connectivity index (χ1v) is 25.4. The molecule has 0 saturated heterocycles. The van der Waals surface area contributed by atoms with Crippen molar-refractivity contribution in [1.29, 1.82) is 0 Å². The Bertz CT molecular complexity index is 4530. The van der Waals surface area contributed by atoms with Gasteiger partial charge in [0.1, 0.15) is 0 Å². The maximum atomic E-state index is 5.60. The summed E-state index contributed by atoms with van der Waals surface area (Å²) in [5, 5.41) is 9.52. The molecule has 14 rings (SSSR count). The summed E-state index contributed by atoms with van der Waals surface area (Å²) < 4.78 is 9.33. The van der Waals surface area contributed by atoms with E-state index in [-0.39, 0.29) is 10.8 Å². The summed E-state index contributed by atoms with van der Waals surface area (Å²) in [6, 6.07) is 70.7. The fourth-order valence-corrected chi connectivity index (χ4v) is 11.6. The molecular formula is C66H53N7. The van der Waals surface area contributed by atoms with E-state index in [9.17, 15) is 0 Å². The lowest BCUT2D eigenvalue weighted by molar-refractivity contribution is 0.591. The number of benzene rings is 9. The quantitative estimate of drug-likeness (QED) is 0.173. The molecule has 0 unspecified atom stereocenters. The van der Waals surface area contributed by atoms with Gasteiger partial charge in [0, 0.05) is 60.0 Å². The number of nitrogens with zero attached hydrogens (tertiary/aromatic N) is 7. The minimum Gasteiger partial charge on any atom is -0.309 e. The molecule has 0 N–H and O–H groups in total. The monoisotopic (exact) mass is 943 g/mol. The van der Waals surface area contributed by atoms with Gasteiger partial charge in [-0.2, -0.15) is 15.0 Å². The fraction of sp³-hybridized carbons (Fsp3) is 0.136. The highest BCUT2D eigenvalue weighted by Gasteiger charge is 2.25. The predicted octanol–water partition coefficient (Wildman–Crippen LogP) is 16.8. The van der Waals surface area contributed by atoms with Crippen LogP contribution in [0.2, 0.25) is 0 Å². The van der Waals surface area contributed by atoms with E-state index < -0.39 is 0 Å². The average molecular weight is 944 g/mol. The number of hydrogen-bond donors (Lipinski definition) is 0. The number of hydrogen-bond acceptors (Lipinski definition) is 3. The van der Waals surface area contributed by atoms with Crippen molar-refractivity contribution >= 4 is 87.2 Å². The molecule has 0 spiro atoms. The molecular weight excluding hydrogens is 891 g/mol. The maximum Gasteiger partial charge on any atom is 0.240 e. The number of fused-ring (bicyclic) bond motifs is 12. The zero-order valence-electron chi connectivity index (χ0n) is 42.1. The van der Waals surface area contributed by atoms with Crippen molar-refractivity contribution in [3.05, 3.63) is 211 Å². The number of para-hydroxylation sites is 4. The van der Waals surface area contributed by atoms with Gasteiger partial charge in [-0.25, -0.2) is 0 Å². The summed E-state index contributed by atoms with van der Waals surface area (Å²) in [5.74, 6) is 1.70. The zero-order chi connectivity index (χ0) is 49.5. The first-order chi connectivity index (χ1) is 35.4. The first-order valence-electron chi connectivity index (χ1n) is 25.4. The lowest BCUT2D eigenvalue weighted by atomic mass is 9.86. The van der Waals surface area contributed by atoms with Crippen molar-refractivity contribution < 1.29 is 0 Å². The first kappa shape index (κ1) is 43.0. The maximum absolute atomic E-state index is 5.60. The van der Waals surface area contributed by atoms with Gasteiger partial charge in [0.2, 0.25) is 11.9 Å². The fourth-order valence-electron chi connectivity index (χ4n) is 11.6. The number of aromatic nitrogens is 7. The molecule has 14 aromatic rings. The minimum absolute atomic E-state index is 0.0719. The van der Waals surface area contributed by atoms with Gasteiger partial charge in [-0.1, -0.05) is 157 Å². The molecule has 73 heavy (non-hydrogen) atoms. The summed E-state index contributed by atoms with van der Waals surface area (Å²) >= 11 is 0. The van der Waals surface area contributed by atoms with E-state index in [0.717, 1.165) is 60.5 Å². The molecule has 0 aliphatic carbocycles. The van der Waals surface area contributed by atoms with E-state index >= 15 is 0 Å². The van der Waals surface area contributed by atoms with E-state index in [1.54, 1.807) is 0 Å². The molecule has 0 saturated carbocycles. The van der Waals surface area contributed by atoms with E-state index in [1.807, 2.05) is 6.07 Å². The van der Waals surface area contributed by atoms with Gasteiger partial charge in [-0.3, -0.25) is 9.13 Å². The van der Waals surface area contributed by atoms with Crippen molar-refractivity contribution in [1.82, 2.24) is 33.2 Å². The highest BCUT2D eigenvalue weighted by atomic mass is 15.3. The van der Waals surface area contributed by atoms with Gasteiger partial charge in [0.05, 0.1) is 44.1 Å². The Kier molecular flexibility index (Phi) is 9.19. The van der Waals surface area contributed by atoms with E-state index in [2.05, 4.69) is 255 Å². The second kappa shape index (κ2) is 15.6. The molecule has 5 aromatic heterocycles. The van der Waals surface area contributed by atoms with Crippen LogP contribution < -0.4 is 0 Å². The Labute approximate surface area is 423 Å². The van der Waals surface area contributed by atoms with E-state index in [0.29, 0.717) is 17.7 Å². The second-order valence-corrected chi connectivity index (χ2v) is 21.9. The van der Waals surface area contributed by atoms with Crippen LogP contribution in [0, 0.1) is 6.92 Å². The number of aryl methyl sites for hydroxylation is 1. The lowest BCUT2D eigenvalue weighted by Gasteiger charge is -2.19. The summed E-state index contributed by atoms with van der Waals surface area (Å²) in [6.07, 6.45) is 0. The molecule has 7 heteroatoms. The van der Waals surface area contributed by atoms with Gasteiger partial charge in [-0.15, -0.1) is 0 Å². The van der Waals surface area contributed by atoms with Crippen LogP contribution >= 0.6 is 0 Å². The third kappa shape index (κ3) is 6.54. The SMILES string of the molecule is Cc1cccc2c3ccccc3n(-c3ccc4c(c3)c3cc(C(C)(C)C)ccc3n4-c3nc(-c4ccccc4)nc(-n4c5ccc(-n6c7ccccc7c7ccccc76)cc5c5cc(C(C)(C)C)ccc54)n3)c12. The zero-order valence-corrected chi connectivity index (χ0v) is 42.1. The topological polar surface area (TPSA) is 58.4 Å². The molecule has 0 aliphatic rings. The van der Waals surface area contributed by atoms with Gasteiger partial charge in [0.25, 0.3) is 0 Å². The van der Waals surface area contributed by atoms with Crippen molar-refractivity contribution in [2.24, 2.45) is 0 Å². The standard InChI is InChI=1S/C66H53N7/c1-40-18-17-24-49-48-23-13-16-27-56(48)71(61(40)49)45-31-35-60-53(39-45)51-37-43(66(5,6)7)29-33-58(51)73(60)64-68-62(41-19-9-8-10-20-41)67-63(69-64)72-57-32-28-42(65(2,3)4)36-50(57)52-38-44(30-34-59(52)72)70-54-25-14-11-21-46(54)47-22-12-15-26-55(47)70/h8-39H,1-7H3. The Morgan fingerprint density at radius 3 is 1.22 bits per heavy atom. The molecule has 0 aliphatic heterocycles. The smallest absolute Gasteiger partial charge is 0.240 e. The van der Waals surface area contributed by atoms with Gasteiger partial charge in [-0.05, 0) is 113 Å². The molecule has 0 atom stereocenters. The Morgan fingerprint density at radius 1 is 0.315 bits per heavy atom. The predicted molar refractivity (Wildman–Crippen MR) is 305 cm³/mol. The Balaban J connectivity index is 1.05. The summed E-state index contributed by atoms with van der Waals surface area (Å²) in [4.78, 5) is 16.4.